The van der Waals surface area contributed by atoms with Crippen LogP contribution in [0.25, 0.3) is 0 Å². The van der Waals surface area contributed by atoms with E-state index in [-0.39, 0.29) is 24.0 Å². The molecule has 1 saturated heterocycles. The van der Waals surface area contributed by atoms with Crippen LogP contribution in [0, 0.1) is 5.82 Å². The van der Waals surface area contributed by atoms with E-state index in [9.17, 15) is 9.18 Å². The van der Waals surface area contributed by atoms with Crippen molar-refractivity contribution in [3.8, 4) is 0 Å². The minimum atomic E-state index is -0.322. The van der Waals surface area contributed by atoms with E-state index in [2.05, 4.69) is 14.9 Å². The van der Waals surface area contributed by atoms with Gasteiger partial charge < -0.3 is 9.47 Å². The molecule has 0 aliphatic carbocycles. The van der Waals surface area contributed by atoms with Gasteiger partial charge >= 0.3 is 5.97 Å². The predicted octanol–water partition coefficient (Wildman–Crippen LogP) is 4.62. The van der Waals surface area contributed by atoms with Crippen molar-refractivity contribution in [2.45, 2.75) is 38.5 Å². The first-order valence-electron chi connectivity index (χ1n) is 10.8. The Morgan fingerprint density at radius 3 is 2.66 bits per heavy atom. The number of hydrogen-bond acceptors (Lipinski definition) is 7. The molecule has 0 spiro atoms. The first-order valence-corrected chi connectivity index (χ1v) is 11.6. The van der Waals surface area contributed by atoms with Gasteiger partial charge in [-0.3, -0.25) is 9.88 Å². The molecule has 4 rings (SSSR count). The molecule has 8 heteroatoms. The summed E-state index contributed by atoms with van der Waals surface area (Å²) in [5.41, 5.74) is 2.28. The topological polar surface area (TPSA) is 64.5 Å². The van der Waals surface area contributed by atoms with Gasteiger partial charge in [0.05, 0.1) is 24.0 Å². The lowest BCUT2D eigenvalue weighted by Crippen LogP contribution is -2.37. The minimum Gasteiger partial charge on any atom is -0.462 e. The van der Waals surface area contributed by atoms with Crippen molar-refractivity contribution in [1.29, 1.82) is 0 Å². The van der Waals surface area contributed by atoms with E-state index in [1.807, 2.05) is 5.38 Å². The SMILES string of the molecule is CCOC(=O)c1ccnc(CN2CCC(OC(c3ccc(F)cc3)c3nccs3)CC2)c1. The average Bonchev–Trinajstić information content (AvgIpc) is 3.34. The molecule has 6 nitrogen and oxygen atoms in total. The van der Waals surface area contributed by atoms with E-state index in [0.717, 1.165) is 42.2 Å². The number of aromatic nitrogens is 2. The maximum atomic E-state index is 13.4. The molecule has 1 aliphatic heterocycles. The second-order valence-electron chi connectivity index (χ2n) is 7.67. The van der Waals surface area contributed by atoms with Gasteiger partial charge in [-0.1, -0.05) is 12.1 Å². The first-order chi connectivity index (χ1) is 15.6. The molecule has 32 heavy (non-hydrogen) atoms. The summed E-state index contributed by atoms with van der Waals surface area (Å²) >= 11 is 1.54. The maximum Gasteiger partial charge on any atom is 0.338 e. The molecule has 0 N–H and O–H groups in total. The highest BCUT2D eigenvalue weighted by molar-refractivity contribution is 7.09. The van der Waals surface area contributed by atoms with Gasteiger partial charge in [-0.05, 0) is 49.6 Å². The van der Waals surface area contributed by atoms with Crippen LogP contribution in [0.15, 0.2) is 54.2 Å². The molecule has 3 heterocycles. The minimum absolute atomic E-state index is 0.0871. The van der Waals surface area contributed by atoms with Crippen molar-refractivity contribution in [2.75, 3.05) is 19.7 Å². The van der Waals surface area contributed by atoms with Gasteiger partial charge in [0.2, 0.25) is 0 Å². The zero-order valence-corrected chi connectivity index (χ0v) is 18.8. The van der Waals surface area contributed by atoms with E-state index in [4.69, 9.17) is 9.47 Å². The third-order valence-electron chi connectivity index (χ3n) is 5.42. The number of halogens is 1. The summed E-state index contributed by atoms with van der Waals surface area (Å²) < 4.78 is 24.9. The molecule has 0 saturated carbocycles. The fraction of sp³-hybridized carbons (Fsp3) is 0.375. The number of ether oxygens (including phenoxy) is 2. The van der Waals surface area contributed by atoms with Crippen LogP contribution in [-0.4, -0.2) is 46.6 Å². The molecule has 2 aromatic heterocycles. The Hall–Kier alpha value is -2.68. The number of piperidine rings is 1. The molecule has 0 radical (unpaired) electrons. The van der Waals surface area contributed by atoms with Crippen LogP contribution in [0.1, 0.15) is 52.5 Å². The van der Waals surface area contributed by atoms with Crippen LogP contribution in [0.3, 0.4) is 0 Å². The third-order valence-corrected chi connectivity index (χ3v) is 6.24. The summed E-state index contributed by atoms with van der Waals surface area (Å²) in [6.07, 6.45) is 4.96. The number of benzene rings is 1. The molecule has 168 valence electrons. The number of carbonyl (C=O) groups excluding carboxylic acids is 1. The number of nitrogens with zero attached hydrogens (tertiary/aromatic N) is 3. The van der Waals surface area contributed by atoms with Gasteiger partial charge in [0, 0.05) is 37.4 Å². The highest BCUT2D eigenvalue weighted by Gasteiger charge is 2.26. The number of hydrogen-bond donors (Lipinski definition) is 0. The van der Waals surface area contributed by atoms with E-state index >= 15 is 0 Å². The smallest absolute Gasteiger partial charge is 0.338 e. The van der Waals surface area contributed by atoms with Gasteiger partial charge in [0.25, 0.3) is 0 Å². The summed E-state index contributed by atoms with van der Waals surface area (Å²) in [5, 5.41) is 2.80. The molecule has 0 amide bonds. The van der Waals surface area contributed by atoms with Crippen molar-refractivity contribution < 1.29 is 18.7 Å². The van der Waals surface area contributed by atoms with Crippen molar-refractivity contribution in [1.82, 2.24) is 14.9 Å². The quantitative estimate of drug-likeness (QED) is 0.462. The van der Waals surface area contributed by atoms with Crippen LogP contribution < -0.4 is 0 Å². The van der Waals surface area contributed by atoms with Crippen LogP contribution >= 0.6 is 11.3 Å². The summed E-state index contributed by atoms with van der Waals surface area (Å²) in [5.74, 6) is -0.585. The molecule has 3 aromatic rings. The van der Waals surface area contributed by atoms with Gasteiger partial charge in [-0.2, -0.15) is 0 Å². The van der Waals surface area contributed by atoms with Crippen molar-refractivity contribution in [2.24, 2.45) is 0 Å². The Morgan fingerprint density at radius 1 is 1.19 bits per heavy atom. The highest BCUT2D eigenvalue weighted by atomic mass is 32.1. The summed E-state index contributed by atoms with van der Waals surface area (Å²) in [6, 6.07) is 9.92. The summed E-state index contributed by atoms with van der Waals surface area (Å²) in [6.45, 7) is 4.55. The van der Waals surface area contributed by atoms with Crippen molar-refractivity contribution in [3.63, 3.8) is 0 Å². The molecular weight excluding hydrogens is 429 g/mol. The average molecular weight is 456 g/mol. The lowest BCUT2D eigenvalue weighted by Gasteiger charge is -2.33. The zero-order valence-electron chi connectivity index (χ0n) is 17.9. The Balaban J connectivity index is 1.35. The normalized spacial score (nSPS) is 16.1. The number of likely N-dealkylation sites (tertiary alicyclic amines) is 1. The summed E-state index contributed by atoms with van der Waals surface area (Å²) in [4.78, 5) is 23.1. The van der Waals surface area contributed by atoms with E-state index in [1.165, 1.54) is 12.1 Å². The fourth-order valence-electron chi connectivity index (χ4n) is 3.81. The number of rotatable bonds is 8. The van der Waals surface area contributed by atoms with E-state index in [0.29, 0.717) is 18.7 Å². The standard InChI is InChI=1S/C24H26FN3O3S/c1-2-30-24(29)18-7-10-26-20(15-18)16-28-12-8-21(9-13-28)31-22(23-27-11-14-32-23)17-3-5-19(25)6-4-17/h3-7,10-11,14-15,21-22H,2,8-9,12-13,16H2,1H3. The lowest BCUT2D eigenvalue weighted by atomic mass is 10.1. The Kier molecular flexibility index (Phi) is 7.57. The monoisotopic (exact) mass is 455 g/mol. The zero-order chi connectivity index (χ0) is 22.3. The maximum absolute atomic E-state index is 13.4. The second-order valence-corrected chi connectivity index (χ2v) is 8.60. The van der Waals surface area contributed by atoms with Gasteiger partial charge in [-0.25, -0.2) is 14.2 Å². The Bertz CT molecular complexity index is 1010. The number of esters is 1. The molecule has 1 unspecified atom stereocenters. The highest BCUT2D eigenvalue weighted by Crippen LogP contribution is 2.31. The van der Waals surface area contributed by atoms with Gasteiger partial charge in [-0.15, -0.1) is 11.3 Å². The number of carbonyl (C=O) groups is 1. The van der Waals surface area contributed by atoms with Gasteiger partial charge in [0.1, 0.15) is 16.9 Å². The van der Waals surface area contributed by atoms with Crippen LogP contribution in [-0.2, 0) is 16.0 Å². The van der Waals surface area contributed by atoms with Gasteiger partial charge in [0.15, 0.2) is 0 Å². The summed E-state index contributed by atoms with van der Waals surface area (Å²) in [7, 11) is 0. The van der Waals surface area contributed by atoms with E-state index < -0.39 is 0 Å². The number of pyridine rings is 1. The fourth-order valence-corrected chi connectivity index (χ4v) is 4.51. The van der Waals surface area contributed by atoms with Crippen LogP contribution in [0.2, 0.25) is 0 Å². The van der Waals surface area contributed by atoms with Crippen LogP contribution in [0.5, 0.6) is 0 Å². The van der Waals surface area contributed by atoms with Crippen molar-refractivity contribution >= 4 is 17.3 Å². The molecule has 1 fully saturated rings. The predicted molar refractivity (Wildman–Crippen MR) is 120 cm³/mol. The molecule has 1 aliphatic rings. The largest absolute Gasteiger partial charge is 0.462 e. The first kappa shape index (κ1) is 22.5. The van der Waals surface area contributed by atoms with Crippen LogP contribution in [0.4, 0.5) is 4.39 Å². The molecule has 1 atom stereocenters. The second kappa shape index (κ2) is 10.8. The molecular formula is C24H26FN3O3S. The Labute approximate surface area is 191 Å². The van der Waals surface area contributed by atoms with E-state index in [1.54, 1.807) is 54.9 Å². The third kappa shape index (κ3) is 5.76. The Morgan fingerprint density at radius 2 is 1.97 bits per heavy atom. The number of thiazole rings is 1. The molecule has 1 aromatic carbocycles. The lowest BCUT2D eigenvalue weighted by molar-refractivity contribution is -0.0283. The molecule has 0 bridgehead atoms. The van der Waals surface area contributed by atoms with Crippen molar-refractivity contribution in [3.05, 3.63) is 81.8 Å².